The number of alkyl halides is 3. The number of aliphatic carboxylic acids is 1. The lowest BCUT2D eigenvalue weighted by atomic mass is 10.3. The molecule has 0 aliphatic rings. The van der Waals surface area contributed by atoms with Crippen molar-refractivity contribution in [2.24, 2.45) is 0 Å². The number of nitrogens with zero attached hydrogens (tertiary/aromatic N) is 2. The van der Waals surface area contributed by atoms with Gasteiger partial charge in [-0.05, 0) is 12.1 Å². The van der Waals surface area contributed by atoms with E-state index in [0.29, 0.717) is 4.57 Å². The summed E-state index contributed by atoms with van der Waals surface area (Å²) < 4.78 is 51.8. The van der Waals surface area contributed by atoms with E-state index in [0.717, 1.165) is 6.07 Å². The van der Waals surface area contributed by atoms with Gasteiger partial charge in [-0.15, -0.1) is 0 Å². The molecule has 96 valence electrons. The molecule has 8 heteroatoms. The van der Waals surface area contributed by atoms with Gasteiger partial charge in [-0.25, -0.2) is 9.37 Å². The van der Waals surface area contributed by atoms with E-state index >= 15 is 0 Å². The maximum absolute atomic E-state index is 13.3. The van der Waals surface area contributed by atoms with Crippen molar-refractivity contribution in [1.29, 1.82) is 0 Å². The Kier molecular flexibility index (Phi) is 2.72. The van der Waals surface area contributed by atoms with Crippen LogP contribution >= 0.6 is 0 Å². The minimum absolute atomic E-state index is 0.204. The van der Waals surface area contributed by atoms with E-state index in [-0.39, 0.29) is 5.52 Å². The van der Waals surface area contributed by atoms with Gasteiger partial charge in [0.15, 0.2) is 5.82 Å². The van der Waals surface area contributed by atoms with Gasteiger partial charge < -0.3 is 9.67 Å². The van der Waals surface area contributed by atoms with Crippen molar-refractivity contribution in [3.63, 3.8) is 0 Å². The molecule has 1 aromatic carbocycles. The summed E-state index contributed by atoms with van der Waals surface area (Å²) in [6.07, 6.45) is -4.85. The van der Waals surface area contributed by atoms with Gasteiger partial charge in [0, 0.05) is 0 Å². The Morgan fingerprint density at radius 1 is 1.39 bits per heavy atom. The molecule has 0 amide bonds. The van der Waals surface area contributed by atoms with E-state index in [2.05, 4.69) is 4.98 Å². The van der Waals surface area contributed by atoms with Gasteiger partial charge in [0.25, 0.3) is 0 Å². The molecule has 4 nitrogen and oxygen atoms in total. The molecule has 0 saturated heterocycles. The highest BCUT2D eigenvalue weighted by atomic mass is 19.4. The molecule has 0 aliphatic heterocycles. The average molecular weight is 262 g/mol. The van der Waals surface area contributed by atoms with Crippen molar-refractivity contribution in [3.8, 4) is 0 Å². The fraction of sp³-hybridized carbons (Fsp3) is 0.200. The van der Waals surface area contributed by atoms with Gasteiger partial charge in [-0.2, -0.15) is 13.2 Å². The molecule has 1 heterocycles. The third-order valence-corrected chi connectivity index (χ3v) is 2.28. The molecule has 18 heavy (non-hydrogen) atoms. The molecule has 0 radical (unpaired) electrons. The number of benzene rings is 1. The average Bonchev–Trinajstić information content (AvgIpc) is 2.57. The molecular formula is C10H6F4N2O2. The van der Waals surface area contributed by atoms with Crippen LogP contribution in [-0.4, -0.2) is 20.6 Å². The summed E-state index contributed by atoms with van der Waals surface area (Å²) in [5.41, 5.74) is -0.698. The first kappa shape index (κ1) is 12.3. The number of carboxylic acids is 1. The predicted octanol–water partition coefficient (Wildman–Crippen LogP) is 2.28. The Morgan fingerprint density at radius 3 is 2.61 bits per heavy atom. The molecule has 0 spiro atoms. The Hall–Kier alpha value is -2.12. The zero-order chi connectivity index (χ0) is 13.5. The largest absolute Gasteiger partial charge is 0.480 e. The number of carbonyl (C=O) groups is 1. The highest BCUT2D eigenvalue weighted by molar-refractivity contribution is 5.79. The summed E-state index contributed by atoms with van der Waals surface area (Å²) in [7, 11) is 0. The summed E-state index contributed by atoms with van der Waals surface area (Å²) in [5.74, 6) is -3.82. The van der Waals surface area contributed by atoms with E-state index in [4.69, 9.17) is 5.11 Å². The fourth-order valence-corrected chi connectivity index (χ4v) is 1.62. The third-order valence-electron chi connectivity index (χ3n) is 2.28. The smallest absolute Gasteiger partial charge is 0.449 e. The highest BCUT2D eigenvalue weighted by Crippen LogP contribution is 2.32. The molecule has 0 aliphatic carbocycles. The molecular weight excluding hydrogens is 256 g/mol. The fourth-order valence-electron chi connectivity index (χ4n) is 1.62. The number of rotatable bonds is 2. The Labute approximate surface area is 97.5 Å². The van der Waals surface area contributed by atoms with Gasteiger partial charge in [0.1, 0.15) is 12.1 Å². The first-order valence-corrected chi connectivity index (χ1v) is 4.74. The third kappa shape index (κ3) is 2.01. The van der Waals surface area contributed by atoms with Gasteiger partial charge in [0.05, 0.1) is 5.52 Å². The zero-order valence-electron chi connectivity index (χ0n) is 8.70. The zero-order valence-corrected chi connectivity index (χ0v) is 8.70. The number of imidazole rings is 1. The van der Waals surface area contributed by atoms with E-state index < -0.39 is 35.8 Å². The second-order valence-corrected chi connectivity index (χ2v) is 3.52. The van der Waals surface area contributed by atoms with Crippen molar-refractivity contribution in [2.75, 3.05) is 0 Å². The summed E-state index contributed by atoms with van der Waals surface area (Å²) in [6, 6.07) is 3.34. The van der Waals surface area contributed by atoms with Crippen LogP contribution in [0.4, 0.5) is 17.6 Å². The van der Waals surface area contributed by atoms with Crippen LogP contribution in [0.2, 0.25) is 0 Å². The molecule has 0 unspecified atom stereocenters. The van der Waals surface area contributed by atoms with Crippen molar-refractivity contribution < 1.29 is 27.5 Å². The van der Waals surface area contributed by atoms with Crippen LogP contribution in [0, 0.1) is 5.82 Å². The second kappa shape index (κ2) is 3.97. The molecule has 0 fully saturated rings. The SMILES string of the molecule is O=C(O)Cn1c(C(F)(F)F)nc2c(F)cccc21. The minimum Gasteiger partial charge on any atom is -0.480 e. The first-order chi connectivity index (χ1) is 8.30. The number of carboxylic acid groups (broad SMARTS) is 1. The Bertz CT molecular complexity index is 618. The van der Waals surface area contributed by atoms with Crippen molar-refractivity contribution >= 4 is 17.0 Å². The first-order valence-electron chi connectivity index (χ1n) is 4.74. The van der Waals surface area contributed by atoms with Gasteiger partial charge in [0.2, 0.25) is 5.82 Å². The number of halogens is 4. The van der Waals surface area contributed by atoms with Gasteiger partial charge >= 0.3 is 12.1 Å². The van der Waals surface area contributed by atoms with Crippen LogP contribution in [0.25, 0.3) is 11.0 Å². The molecule has 1 aromatic heterocycles. The number of hydrogen-bond donors (Lipinski definition) is 1. The Morgan fingerprint density at radius 2 is 2.06 bits per heavy atom. The van der Waals surface area contributed by atoms with E-state index in [1.54, 1.807) is 0 Å². The van der Waals surface area contributed by atoms with Gasteiger partial charge in [-0.3, -0.25) is 4.79 Å². The number of hydrogen-bond acceptors (Lipinski definition) is 2. The normalized spacial score (nSPS) is 12.0. The lowest BCUT2D eigenvalue weighted by Gasteiger charge is -2.08. The van der Waals surface area contributed by atoms with Crippen molar-refractivity contribution in [3.05, 3.63) is 29.8 Å². The van der Waals surface area contributed by atoms with Crippen LogP contribution in [0.1, 0.15) is 5.82 Å². The summed E-state index contributed by atoms with van der Waals surface area (Å²) >= 11 is 0. The summed E-state index contributed by atoms with van der Waals surface area (Å²) in [6.45, 7) is -0.936. The maximum atomic E-state index is 13.3. The molecule has 2 rings (SSSR count). The van der Waals surface area contributed by atoms with Crippen LogP contribution in [0.15, 0.2) is 18.2 Å². The second-order valence-electron chi connectivity index (χ2n) is 3.52. The van der Waals surface area contributed by atoms with E-state index in [9.17, 15) is 22.4 Å². The Balaban J connectivity index is 2.76. The maximum Gasteiger partial charge on any atom is 0.449 e. The monoisotopic (exact) mass is 262 g/mol. The minimum atomic E-state index is -4.85. The van der Waals surface area contributed by atoms with Crippen molar-refractivity contribution in [1.82, 2.24) is 9.55 Å². The molecule has 0 saturated carbocycles. The van der Waals surface area contributed by atoms with E-state index in [1.807, 2.05) is 0 Å². The highest BCUT2D eigenvalue weighted by Gasteiger charge is 2.38. The van der Waals surface area contributed by atoms with Crippen molar-refractivity contribution in [2.45, 2.75) is 12.7 Å². The van der Waals surface area contributed by atoms with Crippen LogP contribution in [0.3, 0.4) is 0 Å². The molecule has 1 N–H and O–H groups in total. The molecule has 0 bridgehead atoms. The van der Waals surface area contributed by atoms with Crippen LogP contribution in [-0.2, 0) is 17.5 Å². The standard InChI is InChI=1S/C10H6F4N2O2/c11-5-2-1-3-6-8(5)15-9(10(12,13)14)16(6)4-7(17)18/h1-3H,4H2,(H,17,18). The number of para-hydroxylation sites is 1. The van der Waals surface area contributed by atoms with Crippen LogP contribution in [0.5, 0.6) is 0 Å². The van der Waals surface area contributed by atoms with Gasteiger partial charge in [-0.1, -0.05) is 6.07 Å². The molecule has 2 aromatic rings. The lowest BCUT2D eigenvalue weighted by molar-refractivity contribution is -0.148. The summed E-state index contributed by atoms with van der Waals surface area (Å²) in [5, 5.41) is 8.59. The van der Waals surface area contributed by atoms with E-state index in [1.165, 1.54) is 12.1 Å². The summed E-state index contributed by atoms with van der Waals surface area (Å²) in [4.78, 5) is 13.7. The quantitative estimate of drug-likeness (QED) is 0.845. The van der Waals surface area contributed by atoms with Crippen LogP contribution < -0.4 is 0 Å². The predicted molar refractivity (Wildman–Crippen MR) is 52.3 cm³/mol. The molecule has 0 atom stereocenters. The number of aromatic nitrogens is 2. The topological polar surface area (TPSA) is 55.1 Å². The lowest BCUT2D eigenvalue weighted by Crippen LogP contribution is -2.18. The number of fused-ring (bicyclic) bond motifs is 1.